The fourth-order valence-corrected chi connectivity index (χ4v) is 1.68. The van der Waals surface area contributed by atoms with Crippen molar-refractivity contribution < 1.29 is 24.6 Å². The fraction of sp³-hybridized carbons (Fsp3) is 0.133. The number of rotatable bonds is 2. The quantitative estimate of drug-likeness (QED) is 0.662. The molecule has 2 aromatic rings. The Kier molecular flexibility index (Phi) is 4.77. The summed E-state index contributed by atoms with van der Waals surface area (Å²) in [6, 6.07) is 15.8. The van der Waals surface area contributed by atoms with Crippen molar-refractivity contribution in [1.82, 2.24) is 0 Å². The van der Waals surface area contributed by atoms with E-state index in [1.807, 2.05) is 12.1 Å². The molecule has 1 nitrogen and oxygen atoms in total. The number of hydrogen-bond donors (Lipinski definition) is 1. The molecule has 0 aliphatic heterocycles. The van der Waals surface area contributed by atoms with Gasteiger partial charge in [0.1, 0.15) is 5.75 Å². The van der Waals surface area contributed by atoms with E-state index in [0.717, 1.165) is 5.56 Å². The molecule has 0 bridgehead atoms. The van der Waals surface area contributed by atoms with Gasteiger partial charge >= 0.3 is 0 Å². The summed E-state index contributed by atoms with van der Waals surface area (Å²) in [6.45, 7) is 4.18. The van der Waals surface area contributed by atoms with Crippen molar-refractivity contribution in [3.8, 4) is 5.75 Å². The van der Waals surface area contributed by atoms with Gasteiger partial charge in [-0.15, -0.1) is 41.3 Å². The van der Waals surface area contributed by atoms with Gasteiger partial charge in [-0.2, -0.15) is 0 Å². The molecule has 1 N–H and O–H groups in total. The second-order valence-corrected chi connectivity index (χ2v) is 4.04. The standard InChI is InChI=1S/C15H15O.Rh/c1-11-3-5-13(6-4-11)12(2)14-7-9-15(16)10-8-14;/h3-10,16H,1-2H3;/q-1;. The van der Waals surface area contributed by atoms with E-state index in [0.29, 0.717) is 5.75 Å². The second kappa shape index (κ2) is 5.88. The van der Waals surface area contributed by atoms with E-state index in [2.05, 4.69) is 38.1 Å². The van der Waals surface area contributed by atoms with Crippen LogP contribution in [0.25, 0.3) is 0 Å². The number of aryl methyl sites for hydroxylation is 1. The molecule has 0 heterocycles. The molecule has 0 saturated carbocycles. The molecule has 0 amide bonds. The molecule has 0 atom stereocenters. The molecule has 0 saturated heterocycles. The Balaban J connectivity index is 0.00000144. The van der Waals surface area contributed by atoms with E-state index in [-0.39, 0.29) is 19.5 Å². The van der Waals surface area contributed by atoms with E-state index in [9.17, 15) is 5.11 Å². The van der Waals surface area contributed by atoms with E-state index in [1.54, 1.807) is 12.1 Å². The van der Waals surface area contributed by atoms with Crippen LogP contribution in [0.3, 0.4) is 0 Å². The first-order valence-corrected chi connectivity index (χ1v) is 5.37. The van der Waals surface area contributed by atoms with Crippen LogP contribution in [-0.4, -0.2) is 5.11 Å². The van der Waals surface area contributed by atoms with Crippen molar-refractivity contribution in [2.24, 2.45) is 0 Å². The molecule has 0 fully saturated rings. The average molecular weight is 314 g/mol. The van der Waals surface area contributed by atoms with Crippen LogP contribution < -0.4 is 0 Å². The van der Waals surface area contributed by atoms with E-state index in [4.69, 9.17) is 0 Å². The van der Waals surface area contributed by atoms with Crippen LogP contribution in [0.2, 0.25) is 0 Å². The fourth-order valence-electron chi connectivity index (χ4n) is 1.68. The van der Waals surface area contributed by atoms with Crippen molar-refractivity contribution in [3.05, 3.63) is 71.1 Å². The van der Waals surface area contributed by atoms with Crippen molar-refractivity contribution in [3.63, 3.8) is 0 Å². The molecule has 0 aromatic heterocycles. The summed E-state index contributed by atoms with van der Waals surface area (Å²) in [5, 5.41) is 9.24. The summed E-state index contributed by atoms with van der Waals surface area (Å²) >= 11 is 0. The van der Waals surface area contributed by atoms with Crippen LogP contribution in [0.15, 0.2) is 48.5 Å². The number of phenolic OH excluding ortho intramolecular Hbond substituents is 1. The third-order valence-electron chi connectivity index (χ3n) is 2.78. The molecular formula is C15H15ORh-. The summed E-state index contributed by atoms with van der Waals surface area (Å²) < 4.78 is 0. The maximum absolute atomic E-state index is 9.24. The van der Waals surface area contributed by atoms with Gasteiger partial charge < -0.3 is 5.11 Å². The number of benzene rings is 2. The number of hydrogen-bond acceptors (Lipinski definition) is 1. The molecule has 1 radical (unpaired) electrons. The minimum Gasteiger partial charge on any atom is -0.509 e. The first-order valence-electron chi connectivity index (χ1n) is 5.37. The van der Waals surface area contributed by atoms with Gasteiger partial charge in [-0.1, -0.05) is 36.8 Å². The van der Waals surface area contributed by atoms with Gasteiger partial charge in [0.25, 0.3) is 0 Å². The van der Waals surface area contributed by atoms with E-state index in [1.165, 1.54) is 17.0 Å². The van der Waals surface area contributed by atoms with Crippen LogP contribution in [0.5, 0.6) is 5.75 Å². The minimum atomic E-state index is 0. The third-order valence-corrected chi connectivity index (χ3v) is 2.78. The third kappa shape index (κ3) is 3.34. The summed E-state index contributed by atoms with van der Waals surface area (Å²) in [5.74, 6) is 1.53. The molecular weight excluding hydrogens is 299 g/mol. The SMILES string of the molecule is Cc1ccc([C-](C)c2ccc(O)cc2)cc1.[Rh]. The van der Waals surface area contributed by atoms with Gasteiger partial charge in [-0.25, -0.2) is 0 Å². The van der Waals surface area contributed by atoms with E-state index < -0.39 is 0 Å². The van der Waals surface area contributed by atoms with Gasteiger partial charge in [0.2, 0.25) is 0 Å². The zero-order valence-corrected chi connectivity index (χ0v) is 11.5. The average Bonchev–Trinajstić information content (AvgIpc) is 2.30. The first kappa shape index (κ1) is 13.8. The van der Waals surface area contributed by atoms with E-state index >= 15 is 0 Å². The Morgan fingerprint density at radius 3 is 1.71 bits per heavy atom. The molecule has 0 unspecified atom stereocenters. The van der Waals surface area contributed by atoms with Crippen LogP contribution in [0.4, 0.5) is 0 Å². The minimum absolute atomic E-state index is 0. The Morgan fingerprint density at radius 2 is 1.24 bits per heavy atom. The second-order valence-electron chi connectivity index (χ2n) is 4.04. The predicted octanol–water partition coefficient (Wildman–Crippen LogP) is 3.69. The van der Waals surface area contributed by atoms with Crippen LogP contribution in [0.1, 0.15) is 23.6 Å². The summed E-state index contributed by atoms with van der Waals surface area (Å²) in [6.07, 6.45) is 0. The van der Waals surface area contributed by atoms with Gasteiger partial charge in [0, 0.05) is 19.5 Å². The maximum Gasteiger partial charge on any atom is 0.100 e. The molecule has 0 spiro atoms. The Bertz CT molecular complexity index is 414. The molecule has 91 valence electrons. The van der Waals surface area contributed by atoms with Crippen LogP contribution >= 0.6 is 0 Å². The Morgan fingerprint density at radius 1 is 0.824 bits per heavy atom. The smallest absolute Gasteiger partial charge is 0.100 e. The number of phenols is 1. The van der Waals surface area contributed by atoms with Crippen LogP contribution in [-0.2, 0) is 19.5 Å². The zero-order chi connectivity index (χ0) is 11.5. The summed E-state index contributed by atoms with van der Waals surface area (Å²) in [4.78, 5) is 0. The van der Waals surface area contributed by atoms with Crippen molar-refractivity contribution in [1.29, 1.82) is 0 Å². The summed E-state index contributed by atoms with van der Waals surface area (Å²) in [7, 11) is 0. The monoisotopic (exact) mass is 314 g/mol. The van der Waals surface area contributed by atoms with Gasteiger partial charge in [0.15, 0.2) is 0 Å². The summed E-state index contributed by atoms with van der Waals surface area (Å²) in [5.41, 5.74) is 3.63. The maximum atomic E-state index is 9.24. The Labute approximate surface area is 115 Å². The largest absolute Gasteiger partial charge is 0.509 e. The molecule has 0 aliphatic rings. The van der Waals surface area contributed by atoms with Crippen molar-refractivity contribution >= 4 is 0 Å². The molecule has 2 rings (SSSR count). The van der Waals surface area contributed by atoms with Crippen molar-refractivity contribution in [2.45, 2.75) is 13.8 Å². The Hall–Kier alpha value is -1.27. The predicted molar refractivity (Wildman–Crippen MR) is 66.4 cm³/mol. The molecule has 17 heavy (non-hydrogen) atoms. The first-order chi connectivity index (χ1) is 7.66. The molecule has 2 aromatic carbocycles. The van der Waals surface area contributed by atoms with Gasteiger partial charge in [-0.3, -0.25) is 0 Å². The number of aromatic hydroxyl groups is 1. The molecule has 2 heteroatoms. The topological polar surface area (TPSA) is 20.2 Å². The van der Waals surface area contributed by atoms with Crippen LogP contribution in [0, 0.1) is 12.8 Å². The molecule has 0 aliphatic carbocycles. The van der Waals surface area contributed by atoms with Crippen molar-refractivity contribution in [2.75, 3.05) is 0 Å². The normalized spacial score (nSPS) is 9.53. The van der Waals surface area contributed by atoms with Gasteiger partial charge in [-0.05, 0) is 6.92 Å². The zero-order valence-electron chi connectivity index (χ0n) is 9.90. The van der Waals surface area contributed by atoms with Gasteiger partial charge in [0.05, 0.1) is 0 Å².